The van der Waals surface area contributed by atoms with Gasteiger partial charge in [0, 0.05) is 18.0 Å². The molecule has 0 bridgehead atoms. The molecule has 0 spiro atoms. The van der Waals surface area contributed by atoms with Gasteiger partial charge in [0.25, 0.3) is 0 Å². The molecule has 0 atom stereocenters. The maximum atomic E-state index is 9.02. The standard InChI is InChI=1S/C13H14ClN3/c14-11-6-5-10(9-15)12(8-11)17-13-4-2-1-3-7-16-13/h5-6,8H,1-4,7H2,(H,16,17). The predicted octanol–water partition coefficient (Wildman–Crippen LogP) is 3.60. The van der Waals surface area contributed by atoms with Crippen LogP contribution in [0.4, 0.5) is 5.69 Å². The van der Waals surface area contributed by atoms with Crippen molar-refractivity contribution >= 4 is 23.1 Å². The molecule has 1 aromatic carbocycles. The Balaban J connectivity index is 2.20. The molecule has 0 fully saturated rings. The topological polar surface area (TPSA) is 48.2 Å². The zero-order chi connectivity index (χ0) is 12.1. The van der Waals surface area contributed by atoms with Crippen LogP contribution in [0.1, 0.15) is 31.2 Å². The number of hydrogen-bond acceptors (Lipinski definition) is 3. The second-order valence-electron chi connectivity index (χ2n) is 4.07. The van der Waals surface area contributed by atoms with Crippen molar-refractivity contribution in [2.75, 3.05) is 11.9 Å². The highest BCUT2D eigenvalue weighted by Gasteiger charge is 2.08. The van der Waals surface area contributed by atoms with Crippen LogP contribution < -0.4 is 5.32 Å². The van der Waals surface area contributed by atoms with E-state index in [1.165, 1.54) is 6.42 Å². The Bertz CT molecular complexity index is 474. The van der Waals surface area contributed by atoms with E-state index in [-0.39, 0.29) is 0 Å². The predicted molar refractivity (Wildman–Crippen MR) is 70.6 cm³/mol. The third-order valence-corrected chi connectivity index (χ3v) is 2.99. The first-order valence-corrected chi connectivity index (χ1v) is 6.17. The SMILES string of the molecule is N#Cc1ccc(Cl)cc1NC1=NCCCCC1. The van der Waals surface area contributed by atoms with Crippen molar-refractivity contribution in [1.82, 2.24) is 0 Å². The van der Waals surface area contributed by atoms with E-state index in [0.29, 0.717) is 10.6 Å². The van der Waals surface area contributed by atoms with Crippen LogP contribution in [-0.2, 0) is 0 Å². The highest BCUT2D eigenvalue weighted by atomic mass is 35.5. The van der Waals surface area contributed by atoms with Gasteiger partial charge in [-0.05, 0) is 31.0 Å². The van der Waals surface area contributed by atoms with Crippen LogP contribution in [0.2, 0.25) is 5.02 Å². The Morgan fingerprint density at radius 2 is 2.18 bits per heavy atom. The van der Waals surface area contributed by atoms with E-state index in [1.807, 2.05) is 0 Å². The molecule has 88 valence electrons. The van der Waals surface area contributed by atoms with Gasteiger partial charge < -0.3 is 5.32 Å². The fourth-order valence-electron chi connectivity index (χ4n) is 1.85. The van der Waals surface area contributed by atoms with Crippen LogP contribution in [0, 0.1) is 11.3 Å². The summed E-state index contributed by atoms with van der Waals surface area (Å²) in [6, 6.07) is 7.37. The molecular formula is C13H14ClN3. The summed E-state index contributed by atoms with van der Waals surface area (Å²) in [7, 11) is 0. The maximum Gasteiger partial charge on any atom is 0.101 e. The molecule has 1 heterocycles. The summed E-state index contributed by atoms with van der Waals surface area (Å²) in [6.45, 7) is 0.866. The van der Waals surface area contributed by atoms with Gasteiger partial charge in [-0.15, -0.1) is 0 Å². The number of benzene rings is 1. The first-order valence-electron chi connectivity index (χ1n) is 5.79. The van der Waals surface area contributed by atoms with E-state index in [2.05, 4.69) is 16.4 Å². The zero-order valence-electron chi connectivity index (χ0n) is 9.54. The lowest BCUT2D eigenvalue weighted by molar-refractivity contribution is 0.731. The third-order valence-electron chi connectivity index (χ3n) is 2.76. The van der Waals surface area contributed by atoms with Gasteiger partial charge in [0.05, 0.1) is 11.3 Å². The summed E-state index contributed by atoms with van der Waals surface area (Å²) in [4.78, 5) is 4.48. The van der Waals surface area contributed by atoms with E-state index in [0.717, 1.165) is 37.3 Å². The second-order valence-corrected chi connectivity index (χ2v) is 4.50. The van der Waals surface area contributed by atoms with Crippen molar-refractivity contribution in [3.8, 4) is 6.07 Å². The fraction of sp³-hybridized carbons (Fsp3) is 0.385. The average molecular weight is 248 g/mol. The van der Waals surface area contributed by atoms with Crippen molar-refractivity contribution in [3.63, 3.8) is 0 Å². The van der Waals surface area contributed by atoms with Crippen LogP contribution >= 0.6 is 11.6 Å². The minimum atomic E-state index is 0.598. The highest BCUT2D eigenvalue weighted by Crippen LogP contribution is 2.21. The first-order chi connectivity index (χ1) is 8.29. The van der Waals surface area contributed by atoms with Crippen LogP contribution in [0.15, 0.2) is 23.2 Å². The number of amidine groups is 1. The van der Waals surface area contributed by atoms with E-state index in [9.17, 15) is 0 Å². The molecule has 1 aromatic rings. The molecule has 0 saturated carbocycles. The van der Waals surface area contributed by atoms with Gasteiger partial charge in [-0.25, -0.2) is 0 Å². The summed E-state index contributed by atoms with van der Waals surface area (Å²) >= 11 is 5.93. The molecule has 4 heteroatoms. The number of anilines is 1. The molecular weight excluding hydrogens is 234 g/mol. The van der Waals surface area contributed by atoms with E-state index in [4.69, 9.17) is 16.9 Å². The number of nitrogens with one attached hydrogen (secondary N) is 1. The summed E-state index contributed by atoms with van der Waals surface area (Å²) in [6.07, 6.45) is 4.45. The van der Waals surface area contributed by atoms with Gasteiger partial charge in [0.2, 0.25) is 0 Å². The second kappa shape index (κ2) is 5.70. The number of halogens is 1. The van der Waals surface area contributed by atoms with Gasteiger partial charge in [-0.2, -0.15) is 5.26 Å². The van der Waals surface area contributed by atoms with Gasteiger partial charge in [-0.1, -0.05) is 18.0 Å². The average Bonchev–Trinajstić information content (AvgIpc) is 2.58. The Hall–Kier alpha value is -1.53. The van der Waals surface area contributed by atoms with Crippen LogP contribution in [0.3, 0.4) is 0 Å². The Morgan fingerprint density at radius 1 is 1.29 bits per heavy atom. The molecule has 1 aliphatic heterocycles. The number of nitrogens with zero attached hydrogens (tertiary/aromatic N) is 2. The minimum Gasteiger partial charge on any atom is -0.343 e. The van der Waals surface area contributed by atoms with Crippen molar-refractivity contribution in [2.24, 2.45) is 4.99 Å². The number of nitriles is 1. The summed E-state index contributed by atoms with van der Waals surface area (Å²) in [5, 5.41) is 12.9. The lowest BCUT2D eigenvalue weighted by Crippen LogP contribution is -2.12. The Kier molecular flexibility index (Phi) is 4.00. The summed E-state index contributed by atoms with van der Waals surface area (Å²) < 4.78 is 0. The van der Waals surface area contributed by atoms with Gasteiger partial charge in [-0.3, -0.25) is 4.99 Å². The van der Waals surface area contributed by atoms with E-state index < -0.39 is 0 Å². The highest BCUT2D eigenvalue weighted by molar-refractivity contribution is 6.31. The smallest absolute Gasteiger partial charge is 0.101 e. The van der Waals surface area contributed by atoms with Crippen molar-refractivity contribution in [3.05, 3.63) is 28.8 Å². The molecule has 0 radical (unpaired) electrons. The Morgan fingerprint density at radius 3 is 3.00 bits per heavy atom. The Labute approximate surface area is 106 Å². The van der Waals surface area contributed by atoms with Crippen LogP contribution in [0.5, 0.6) is 0 Å². The lowest BCUT2D eigenvalue weighted by atomic mass is 10.1. The van der Waals surface area contributed by atoms with Crippen LogP contribution in [-0.4, -0.2) is 12.4 Å². The van der Waals surface area contributed by atoms with Gasteiger partial charge in [0.1, 0.15) is 11.9 Å². The first kappa shape index (κ1) is 11.9. The summed E-state index contributed by atoms with van der Waals surface area (Å²) in [5.41, 5.74) is 1.35. The van der Waals surface area contributed by atoms with E-state index in [1.54, 1.807) is 18.2 Å². The molecule has 17 heavy (non-hydrogen) atoms. The van der Waals surface area contributed by atoms with Gasteiger partial charge >= 0.3 is 0 Å². The quantitative estimate of drug-likeness (QED) is 0.824. The molecule has 0 aliphatic carbocycles. The molecule has 0 aromatic heterocycles. The van der Waals surface area contributed by atoms with E-state index >= 15 is 0 Å². The lowest BCUT2D eigenvalue weighted by Gasteiger charge is -2.10. The normalized spacial score (nSPS) is 15.6. The number of aliphatic imine (C=N–C) groups is 1. The monoisotopic (exact) mass is 247 g/mol. The molecule has 1 aliphatic rings. The van der Waals surface area contributed by atoms with Gasteiger partial charge in [0.15, 0.2) is 0 Å². The van der Waals surface area contributed by atoms with Crippen molar-refractivity contribution in [2.45, 2.75) is 25.7 Å². The molecule has 1 N–H and O–H groups in total. The molecule has 0 unspecified atom stereocenters. The maximum absolute atomic E-state index is 9.02. The fourth-order valence-corrected chi connectivity index (χ4v) is 2.02. The zero-order valence-corrected chi connectivity index (χ0v) is 10.3. The molecule has 0 saturated heterocycles. The number of rotatable bonds is 1. The molecule has 3 nitrogen and oxygen atoms in total. The molecule has 2 rings (SSSR count). The summed E-state index contributed by atoms with van der Waals surface area (Å²) in [5.74, 6) is 0.960. The number of hydrogen-bond donors (Lipinski definition) is 1. The third kappa shape index (κ3) is 3.21. The van der Waals surface area contributed by atoms with Crippen molar-refractivity contribution < 1.29 is 0 Å². The largest absolute Gasteiger partial charge is 0.343 e. The van der Waals surface area contributed by atoms with Crippen molar-refractivity contribution in [1.29, 1.82) is 5.26 Å². The molecule has 0 amide bonds. The van der Waals surface area contributed by atoms with Crippen LogP contribution in [0.25, 0.3) is 0 Å². The minimum absolute atomic E-state index is 0.598.